The molecule has 2 N–H and O–H groups in total. The molecule has 0 fully saturated rings. The lowest BCUT2D eigenvalue weighted by Gasteiger charge is -2.31. The fraction of sp³-hybridized carbons (Fsp3) is 0.217. The molecule has 2 aliphatic rings. The lowest BCUT2D eigenvalue weighted by molar-refractivity contribution is -0.116. The molecule has 7 heteroatoms. The lowest BCUT2D eigenvalue weighted by atomic mass is 9.77. The Bertz CT molecular complexity index is 1120. The van der Waals surface area contributed by atoms with Crippen molar-refractivity contribution in [2.24, 2.45) is 5.73 Å². The van der Waals surface area contributed by atoms with E-state index in [0.29, 0.717) is 40.8 Å². The first-order valence-electron chi connectivity index (χ1n) is 9.48. The molecule has 1 aliphatic carbocycles. The average Bonchev–Trinajstić information content (AvgIpc) is 2.73. The van der Waals surface area contributed by atoms with Crippen LogP contribution in [0.5, 0.6) is 5.75 Å². The largest absolute Gasteiger partial charge is 0.488 e. The topological polar surface area (TPSA) is 85.3 Å². The van der Waals surface area contributed by atoms with Crippen molar-refractivity contribution in [1.82, 2.24) is 0 Å². The van der Waals surface area contributed by atoms with Crippen LogP contribution in [0, 0.1) is 17.1 Å². The zero-order valence-electron chi connectivity index (χ0n) is 16.0. The van der Waals surface area contributed by atoms with Crippen LogP contribution in [0.4, 0.5) is 4.39 Å². The van der Waals surface area contributed by atoms with Crippen molar-refractivity contribution >= 4 is 21.7 Å². The number of ether oxygens (including phenoxy) is 2. The highest BCUT2D eigenvalue weighted by Crippen LogP contribution is 2.44. The molecular formula is C23H18BrFN2O3. The Balaban J connectivity index is 1.64. The van der Waals surface area contributed by atoms with Gasteiger partial charge in [0.05, 0.1) is 10.4 Å². The van der Waals surface area contributed by atoms with E-state index >= 15 is 0 Å². The molecule has 0 aromatic heterocycles. The highest BCUT2D eigenvalue weighted by atomic mass is 79.9. The standard InChI is InChI=1S/C23H18BrFN2O3/c24-17-10-14(6-9-19(17)29-12-13-4-7-15(25)8-5-13)21-16(11-26)23(27)30-20-3-1-2-18(28)22(20)21/h4-10,21H,1-3,12,27H2. The third-order valence-electron chi connectivity index (χ3n) is 5.20. The third-order valence-corrected chi connectivity index (χ3v) is 5.82. The molecule has 30 heavy (non-hydrogen) atoms. The number of ketones is 1. The van der Waals surface area contributed by atoms with Crippen LogP contribution in [0.15, 0.2) is 69.7 Å². The van der Waals surface area contributed by atoms with E-state index in [9.17, 15) is 14.4 Å². The van der Waals surface area contributed by atoms with Crippen LogP contribution in [-0.2, 0) is 16.1 Å². The smallest absolute Gasteiger partial charge is 0.205 e. The highest BCUT2D eigenvalue weighted by molar-refractivity contribution is 9.10. The van der Waals surface area contributed by atoms with Gasteiger partial charge in [-0.2, -0.15) is 5.26 Å². The van der Waals surface area contributed by atoms with Crippen LogP contribution in [0.2, 0.25) is 0 Å². The number of hydrogen-bond donors (Lipinski definition) is 1. The monoisotopic (exact) mass is 468 g/mol. The summed E-state index contributed by atoms with van der Waals surface area (Å²) in [5.74, 6) is 0.314. The van der Waals surface area contributed by atoms with Crippen LogP contribution in [0.25, 0.3) is 0 Å². The van der Waals surface area contributed by atoms with Gasteiger partial charge in [-0.25, -0.2) is 4.39 Å². The summed E-state index contributed by atoms with van der Waals surface area (Å²) in [6.07, 6.45) is 1.76. The maximum atomic E-state index is 13.0. The second kappa shape index (κ2) is 8.33. The van der Waals surface area contributed by atoms with E-state index in [1.165, 1.54) is 12.1 Å². The van der Waals surface area contributed by atoms with Crippen LogP contribution in [-0.4, -0.2) is 5.78 Å². The first kappa shape index (κ1) is 20.2. The molecule has 1 heterocycles. The molecule has 152 valence electrons. The number of halogens is 2. The van der Waals surface area contributed by atoms with Gasteiger partial charge in [0, 0.05) is 18.4 Å². The molecule has 0 amide bonds. The Morgan fingerprint density at radius 1 is 1.23 bits per heavy atom. The number of rotatable bonds is 4. The van der Waals surface area contributed by atoms with Crippen molar-refractivity contribution in [3.8, 4) is 11.8 Å². The molecule has 2 aromatic carbocycles. The fourth-order valence-electron chi connectivity index (χ4n) is 3.75. The summed E-state index contributed by atoms with van der Waals surface area (Å²) < 4.78 is 25.2. The average molecular weight is 469 g/mol. The van der Waals surface area contributed by atoms with E-state index in [-0.39, 0.29) is 29.7 Å². The summed E-state index contributed by atoms with van der Waals surface area (Å²) in [5.41, 5.74) is 8.32. The zero-order chi connectivity index (χ0) is 21.3. The highest BCUT2D eigenvalue weighted by Gasteiger charge is 2.38. The van der Waals surface area contributed by atoms with Gasteiger partial charge in [0.15, 0.2) is 5.78 Å². The Kier molecular flexibility index (Phi) is 5.60. The SMILES string of the molecule is N#CC1=C(N)OC2=C(C(=O)CCC2)C1c1ccc(OCc2ccc(F)cc2)c(Br)c1. The van der Waals surface area contributed by atoms with Gasteiger partial charge in [-0.05, 0) is 57.7 Å². The minimum Gasteiger partial charge on any atom is -0.488 e. The first-order chi connectivity index (χ1) is 14.5. The Morgan fingerprint density at radius 2 is 2.00 bits per heavy atom. The summed E-state index contributed by atoms with van der Waals surface area (Å²) in [5, 5.41) is 9.66. The molecule has 5 nitrogen and oxygen atoms in total. The quantitative estimate of drug-likeness (QED) is 0.683. The van der Waals surface area contributed by atoms with Gasteiger partial charge in [0.2, 0.25) is 5.88 Å². The van der Waals surface area contributed by atoms with Crippen molar-refractivity contribution in [3.63, 3.8) is 0 Å². The molecule has 0 bridgehead atoms. The number of nitrogens with zero attached hydrogens (tertiary/aromatic N) is 1. The summed E-state index contributed by atoms with van der Waals surface area (Å²) in [4.78, 5) is 12.6. The summed E-state index contributed by atoms with van der Waals surface area (Å²) in [7, 11) is 0. The first-order valence-corrected chi connectivity index (χ1v) is 10.3. The number of carbonyl (C=O) groups excluding carboxylic acids is 1. The molecule has 0 saturated heterocycles. The van der Waals surface area contributed by atoms with Gasteiger partial charge >= 0.3 is 0 Å². The number of hydrogen-bond acceptors (Lipinski definition) is 5. The van der Waals surface area contributed by atoms with Crippen molar-refractivity contribution in [3.05, 3.63) is 86.7 Å². The predicted octanol–water partition coefficient (Wildman–Crippen LogP) is 4.98. The normalized spacial score (nSPS) is 18.6. The van der Waals surface area contributed by atoms with Gasteiger partial charge in [-0.3, -0.25) is 4.79 Å². The number of allylic oxidation sites excluding steroid dienone is 3. The Hall–Kier alpha value is -3.11. The summed E-state index contributed by atoms with van der Waals surface area (Å²) in [6.45, 7) is 0.277. The number of nitriles is 1. The number of Topliss-reactive ketones (excluding diaryl/α,β-unsaturated/α-hetero) is 1. The van der Waals surface area contributed by atoms with Crippen molar-refractivity contribution in [1.29, 1.82) is 5.26 Å². The molecule has 0 saturated carbocycles. The van der Waals surface area contributed by atoms with E-state index in [0.717, 1.165) is 11.1 Å². The second-order valence-electron chi connectivity index (χ2n) is 7.14. The fourth-order valence-corrected chi connectivity index (χ4v) is 4.26. The maximum Gasteiger partial charge on any atom is 0.205 e. The van der Waals surface area contributed by atoms with Gasteiger partial charge in [-0.15, -0.1) is 0 Å². The van der Waals surface area contributed by atoms with E-state index in [4.69, 9.17) is 15.2 Å². The van der Waals surface area contributed by atoms with Gasteiger partial charge in [0.25, 0.3) is 0 Å². The van der Waals surface area contributed by atoms with Crippen LogP contribution >= 0.6 is 15.9 Å². The lowest BCUT2D eigenvalue weighted by Crippen LogP contribution is -2.27. The molecule has 1 unspecified atom stereocenters. The number of carbonyl (C=O) groups is 1. The zero-order valence-corrected chi connectivity index (χ0v) is 17.5. The van der Waals surface area contributed by atoms with Crippen LogP contribution in [0.1, 0.15) is 36.3 Å². The number of nitrogens with two attached hydrogens (primary N) is 1. The van der Waals surface area contributed by atoms with Gasteiger partial charge in [0.1, 0.15) is 35.6 Å². The van der Waals surface area contributed by atoms with E-state index in [1.807, 2.05) is 12.1 Å². The van der Waals surface area contributed by atoms with E-state index in [2.05, 4.69) is 22.0 Å². The van der Waals surface area contributed by atoms with Crippen molar-refractivity contribution in [2.75, 3.05) is 0 Å². The third kappa shape index (κ3) is 3.83. The number of benzene rings is 2. The molecule has 4 rings (SSSR count). The molecule has 2 aromatic rings. The minimum atomic E-state index is -0.561. The molecular weight excluding hydrogens is 451 g/mol. The van der Waals surface area contributed by atoms with Crippen LogP contribution < -0.4 is 10.5 Å². The minimum absolute atomic E-state index is 0.0192. The summed E-state index contributed by atoms with van der Waals surface area (Å²) in [6, 6.07) is 13.6. The Labute approximate surface area is 181 Å². The van der Waals surface area contributed by atoms with E-state index < -0.39 is 5.92 Å². The molecule has 0 radical (unpaired) electrons. The predicted molar refractivity (Wildman–Crippen MR) is 111 cm³/mol. The Morgan fingerprint density at radius 3 is 2.70 bits per heavy atom. The van der Waals surface area contributed by atoms with Gasteiger partial charge < -0.3 is 15.2 Å². The van der Waals surface area contributed by atoms with Crippen LogP contribution in [0.3, 0.4) is 0 Å². The summed E-state index contributed by atoms with van der Waals surface area (Å²) >= 11 is 3.51. The van der Waals surface area contributed by atoms with E-state index in [1.54, 1.807) is 18.2 Å². The molecule has 1 atom stereocenters. The molecule has 1 aliphatic heterocycles. The second-order valence-corrected chi connectivity index (χ2v) is 8.00. The van der Waals surface area contributed by atoms with Crippen molar-refractivity contribution in [2.45, 2.75) is 31.8 Å². The van der Waals surface area contributed by atoms with Gasteiger partial charge in [-0.1, -0.05) is 18.2 Å². The van der Waals surface area contributed by atoms with Crippen molar-refractivity contribution < 1.29 is 18.7 Å². The molecule has 0 spiro atoms. The maximum absolute atomic E-state index is 13.0.